The number of likely N-dealkylation sites (N-methyl/N-ethyl adjacent to an activating group) is 1. The Morgan fingerprint density at radius 3 is 2.80 bits per heavy atom. The summed E-state index contributed by atoms with van der Waals surface area (Å²) in [5.74, 6) is 0. The van der Waals surface area contributed by atoms with Crippen LogP contribution in [0, 0.1) is 0 Å². The molecule has 0 bridgehead atoms. The van der Waals surface area contributed by atoms with E-state index in [0.29, 0.717) is 6.04 Å². The summed E-state index contributed by atoms with van der Waals surface area (Å²) < 4.78 is 5.39. The van der Waals surface area contributed by atoms with Gasteiger partial charge < -0.3 is 10.1 Å². The number of ether oxygens (including phenoxy) is 1. The van der Waals surface area contributed by atoms with Crippen molar-refractivity contribution in [2.45, 2.75) is 39.2 Å². The lowest BCUT2D eigenvalue weighted by Crippen LogP contribution is -2.44. The Bertz CT molecular complexity index is 147. The van der Waals surface area contributed by atoms with Gasteiger partial charge in [0.2, 0.25) is 0 Å². The van der Waals surface area contributed by atoms with Crippen molar-refractivity contribution in [1.82, 2.24) is 10.2 Å². The van der Waals surface area contributed by atoms with E-state index >= 15 is 0 Å². The second-order valence-corrected chi connectivity index (χ2v) is 4.24. The number of rotatable bonds is 7. The molecule has 0 radical (unpaired) electrons. The molecule has 1 fully saturated rings. The fourth-order valence-corrected chi connectivity index (χ4v) is 2.11. The van der Waals surface area contributed by atoms with Crippen LogP contribution in [0.2, 0.25) is 0 Å². The Kier molecular flexibility index (Phi) is 6.98. The molecule has 0 aromatic rings. The third-order valence-electron chi connectivity index (χ3n) is 3.09. The van der Waals surface area contributed by atoms with Crippen LogP contribution in [-0.4, -0.2) is 50.3 Å². The number of piperidine rings is 1. The van der Waals surface area contributed by atoms with Gasteiger partial charge in [-0.15, -0.1) is 0 Å². The fourth-order valence-electron chi connectivity index (χ4n) is 2.11. The standard InChI is InChI=1S/C12H26N2O/c1-3-14(9-10-15-4-2)11-12-7-5-6-8-13-12/h12-13H,3-11H2,1-2H3. The Morgan fingerprint density at radius 2 is 2.20 bits per heavy atom. The molecule has 1 rings (SSSR count). The Hall–Kier alpha value is -0.120. The zero-order valence-electron chi connectivity index (χ0n) is 10.3. The number of nitrogens with zero attached hydrogens (tertiary/aromatic N) is 1. The molecule has 0 aromatic carbocycles. The van der Waals surface area contributed by atoms with E-state index in [1.807, 2.05) is 0 Å². The SMILES string of the molecule is CCOCCN(CC)CC1CCCCN1. The van der Waals surface area contributed by atoms with Gasteiger partial charge in [0, 0.05) is 25.7 Å². The highest BCUT2D eigenvalue weighted by Crippen LogP contribution is 2.08. The summed E-state index contributed by atoms with van der Waals surface area (Å²) in [6, 6.07) is 0.709. The summed E-state index contributed by atoms with van der Waals surface area (Å²) in [4.78, 5) is 2.48. The van der Waals surface area contributed by atoms with E-state index in [-0.39, 0.29) is 0 Å². The highest BCUT2D eigenvalue weighted by atomic mass is 16.5. The first kappa shape index (κ1) is 12.9. The second kappa shape index (κ2) is 8.08. The highest BCUT2D eigenvalue weighted by Gasteiger charge is 2.15. The van der Waals surface area contributed by atoms with Crippen molar-refractivity contribution >= 4 is 0 Å². The fraction of sp³-hybridized carbons (Fsp3) is 1.00. The topological polar surface area (TPSA) is 24.5 Å². The van der Waals surface area contributed by atoms with Crippen LogP contribution in [0.5, 0.6) is 0 Å². The van der Waals surface area contributed by atoms with Crippen molar-refractivity contribution in [2.24, 2.45) is 0 Å². The van der Waals surface area contributed by atoms with E-state index < -0.39 is 0 Å². The van der Waals surface area contributed by atoms with Crippen molar-refractivity contribution in [3.8, 4) is 0 Å². The molecule has 1 heterocycles. The molecule has 1 unspecified atom stereocenters. The van der Waals surface area contributed by atoms with Crippen LogP contribution in [0.4, 0.5) is 0 Å². The van der Waals surface area contributed by atoms with Crippen molar-refractivity contribution < 1.29 is 4.74 Å². The Morgan fingerprint density at radius 1 is 1.33 bits per heavy atom. The van der Waals surface area contributed by atoms with Crippen LogP contribution in [0.25, 0.3) is 0 Å². The summed E-state index contributed by atoms with van der Waals surface area (Å²) in [6.45, 7) is 10.6. The number of hydrogen-bond donors (Lipinski definition) is 1. The molecule has 15 heavy (non-hydrogen) atoms. The zero-order valence-corrected chi connectivity index (χ0v) is 10.3. The van der Waals surface area contributed by atoms with Crippen molar-refractivity contribution in [3.63, 3.8) is 0 Å². The lowest BCUT2D eigenvalue weighted by Gasteiger charge is -2.29. The van der Waals surface area contributed by atoms with Gasteiger partial charge in [-0.25, -0.2) is 0 Å². The van der Waals surface area contributed by atoms with E-state index in [4.69, 9.17) is 4.74 Å². The van der Waals surface area contributed by atoms with E-state index in [0.717, 1.165) is 26.3 Å². The third kappa shape index (κ3) is 5.50. The monoisotopic (exact) mass is 214 g/mol. The first-order valence-electron chi connectivity index (χ1n) is 6.40. The van der Waals surface area contributed by atoms with E-state index in [1.54, 1.807) is 0 Å². The van der Waals surface area contributed by atoms with Gasteiger partial charge in [0.05, 0.1) is 6.61 Å². The molecule has 1 N–H and O–H groups in total. The summed E-state index contributed by atoms with van der Waals surface area (Å²) in [6.07, 6.45) is 4.08. The van der Waals surface area contributed by atoms with Gasteiger partial charge in [-0.1, -0.05) is 13.3 Å². The average molecular weight is 214 g/mol. The first-order valence-corrected chi connectivity index (χ1v) is 6.40. The summed E-state index contributed by atoms with van der Waals surface area (Å²) in [5.41, 5.74) is 0. The third-order valence-corrected chi connectivity index (χ3v) is 3.09. The molecule has 1 atom stereocenters. The van der Waals surface area contributed by atoms with Crippen LogP contribution in [-0.2, 0) is 4.74 Å². The summed E-state index contributed by atoms with van der Waals surface area (Å²) in [5, 5.41) is 3.59. The van der Waals surface area contributed by atoms with Gasteiger partial charge in [-0.3, -0.25) is 4.90 Å². The molecule has 0 spiro atoms. The predicted octanol–water partition coefficient (Wildman–Crippen LogP) is 1.49. The van der Waals surface area contributed by atoms with Gasteiger partial charge in [0.25, 0.3) is 0 Å². The van der Waals surface area contributed by atoms with Gasteiger partial charge in [0.1, 0.15) is 0 Å². The molecular formula is C12H26N2O. The molecule has 1 saturated heterocycles. The molecule has 0 saturated carbocycles. The van der Waals surface area contributed by atoms with Crippen LogP contribution in [0.15, 0.2) is 0 Å². The van der Waals surface area contributed by atoms with E-state index in [1.165, 1.54) is 32.4 Å². The number of nitrogens with one attached hydrogen (secondary N) is 1. The second-order valence-electron chi connectivity index (χ2n) is 4.24. The van der Waals surface area contributed by atoms with Crippen molar-refractivity contribution in [1.29, 1.82) is 0 Å². The normalized spacial score (nSPS) is 22.2. The molecule has 0 amide bonds. The van der Waals surface area contributed by atoms with Crippen LogP contribution in [0.1, 0.15) is 33.1 Å². The van der Waals surface area contributed by atoms with Crippen LogP contribution in [0.3, 0.4) is 0 Å². The minimum absolute atomic E-state index is 0.709. The molecule has 0 aromatic heterocycles. The highest BCUT2D eigenvalue weighted by molar-refractivity contribution is 4.75. The maximum Gasteiger partial charge on any atom is 0.0593 e. The summed E-state index contributed by atoms with van der Waals surface area (Å²) >= 11 is 0. The summed E-state index contributed by atoms with van der Waals surface area (Å²) in [7, 11) is 0. The molecule has 0 aliphatic carbocycles. The average Bonchev–Trinajstić information content (AvgIpc) is 2.29. The maximum atomic E-state index is 5.39. The molecule has 3 heteroatoms. The molecule has 1 aliphatic rings. The Balaban J connectivity index is 2.13. The van der Waals surface area contributed by atoms with E-state index in [2.05, 4.69) is 24.1 Å². The lowest BCUT2D eigenvalue weighted by molar-refractivity contribution is 0.109. The maximum absolute atomic E-state index is 5.39. The van der Waals surface area contributed by atoms with Gasteiger partial charge >= 0.3 is 0 Å². The molecule has 3 nitrogen and oxygen atoms in total. The predicted molar refractivity (Wildman–Crippen MR) is 64.2 cm³/mol. The minimum Gasteiger partial charge on any atom is -0.380 e. The largest absolute Gasteiger partial charge is 0.380 e. The smallest absolute Gasteiger partial charge is 0.0593 e. The molecular weight excluding hydrogens is 188 g/mol. The number of hydrogen-bond acceptors (Lipinski definition) is 3. The van der Waals surface area contributed by atoms with Gasteiger partial charge in [-0.05, 0) is 32.9 Å². The van der Waals surface area contributed by atoms with Crippen LogP contribution < -0.4 is 5.32 Å². The van der Waals surface area contributed by atoms with Crippen molar-refractivity contribution in [2.75, 3.05) is 39.4 Å². The lowest BCUT2D eigenvalue weighted by atomic mass is 10.0. The van der Waals surface area contributed by atoms with Crippen molar-refractivity contribution in [3.05, 3.63) is 0 Å². The first-order chi connectivity index (χ1) is 7.36. The van der Waals surface area contributed by atoms with E-state index in [9.17, 15) is 0 Å². The molecule has 90 valence electrons. The zero-order chi connectivity index (χ0) is 10.9. The van der Waals surface area contributed by atoms with Gasteiger partial charge in [-0.2, -0.15) is 0 Å². The molecule has 1 aliphatic heterocycles. The minimum atomic E-state index is 0.709. The van der Waals surface area contributed by atoms with Gasteiger partial charge in [0.15, 0.2) is 0 Å². The Labute approximate surface area is 94.2 Å². The van der Waals surface area contributed by atoms with Crippen LogP contribution >= 0.6 is 0 Å². The quantitative estimate of drug-likeness (QED) is 0.650.